The first-order valence-electron chi connectivity index (χ1n) is 17.2. The highest BCUT2D eigenvalue weighted by Gasteiger charge is 2.37. The second-order valence-corrected chi connectivity index (χ2v) is 19.5. The first-order valence-corrected chi connectivity index (χ1v) is 20.1. The Labute approximate surface area is 297 Å². The van der Waals surface area contributed by atoms with Gasteiger partial charge in [-0.15, -0.1) is 0 Å². The fraction of sp³-hybridized carbons (Fsp3) is 0.694. The third-order valence-corrected chi connectivity index (χ3v) is 12.7. The van der Waals surface area contributed by atoms with Crippen molar-refractivity contribution in [3.63, 3.8) is 0 Å². The summed E-state index contributed by atoms with van der Waals surface area (Å²) in [5.74, 6) is 0. The van der Waals surface area contributed by atoms with Gasteiger partial charge in [0.2, 0.25) is 0 Å². The van der Waals surface area contributed by atoms with Crippen LogP contribution < -0.4 is 5.32 Å². The van der Waals surface area contributed by atoms with Crippen LogP contribution in [-0.4, -0.2) is 89.4 Å². The number of alkyl carbamates (subject to hydrolysis) is 1. The van der Waals surface area contributed by atoms with Crippen molar-refractivity contribution in [1.29, 1.82) is 0 Å². The fourth-order valence-electron chi connectivity index (χ4n) is 4.38. The van der Waals surface area contributed by atoms with E-state index in [0.717, 1.165) is 6.07 Å². The van der Waals surface area contributed by atoms with E-state index in [1.807, 2.05) is 0 Å². The standard InChI is InChI=1S/C36H58F3N3O7Si/c1-26-22-31(27(2)41-33(43)49-34(3,4)5)40-25-30(26)28-23-29(42-32(24-28)36(37,38)39)12-11-13-44-14-15-45-16-17-46-18-19-47-20-21-48-50(9,10)35(6,7)8/h22-25,27H,11-21H2,1-10H3,(H,41,43)/t27-/m0/s1. The van der Waals surface area contributed by atoms with E-state index in [-0.39, 0.29) is 5.04 Å². The molecule has 10 nitrogen and oxygen atoms in total. The predicted molar refractivity (Wildman–Crippen MR) is 190 cm³/mol. The van der Waals surface area contributed by atoms with Crippen LogP contribution in [-0.2, 0) is 40.7 Å². The Hall–Kier alpha value is -2.62. The molecule has 0 aliphatic rings. The van der Waals surface area contributed by atoms with Crippen molar-refractivity contribution in [2.75, 3.05) is 59.5 Å². The molecule has 0 aliphatic carbocycles. The number of nitrogens with zero attached hydrogens (tertiary/aromatic N) is 2. The Morgan fingerprint density at radius 1 is 0.840 bits per heavy atom. The molecule has 1 amide bonds. The largest absolute Gasteiger partial charge is 0.444 e. The normalized spacial score (nSPS) is 13.4. The average molecular weight is 730 g/mol. The Kier molecular flexibility index (Phi) is 17.3. The molecule has 2 aromatic heterocycles. The van der Waals surface area contributed by atoms with Gasteiger partial charge in [-0.1, -0.05) is 20.8 Å². The molecule has 0 fully saturated rings. The number of aromatic nitrogens is 2. The molecule has 0 aliphatic heterocycles. The van der Waals surface area contributed by atoms with Crippen molar-refractivity contribution in [3.05, 3.63) is 47.0 Å². The molecular formula is C36H58F3N3O7Si. The third kappa shape index (κ3) is 16.2. The van der Waals surface area contributed by atoms with Gasteiger partial charge in [0.1, 0.15) is 11.3 Å². The van der Waals surface area contributed by atoms with Crippen LogP contribution in [0.3, 0.4) is 0 Å². The third-order valence-electron chi connectivity index (χ3n) is 8.12. The molecule has 1 atom stereocenters. The van der Waals surface area contributed by atoms with Crippen LogP contribution in [0.2, 0.25) is 18.1 Å². The molecule has 0 bridgehead atoms. The molecule has 14 heteroatoms. The number of rotatable bonds is 20. The number of carbonyl (C=O) groups is 1. The molecule has 0 unspecified atom stereocenters. The van der Waals surface area contributed by atoms with Crippen LogP contribution in [0.25, 0.3) is 11.1 Å². The van der Waals surface area contributed by atoms with Gasteiger partial charge in [-0.25, -0.2) is 9.78 Å². The van der Waals surface area contributed by atoms with E-state index in [0.29, 0.717) is 100 Å². The van der Waals surface area contributed by atoms with Gasteiger partial charge in [0.15, 0.2) is 8.32 Å². The molecule has 50 heavy (non-hydrogen) atoms. The number of hydrogen-bond donors (Lipinski definition) is 1. The van der Waals surface area contributed by atoms with Gasteiger partial charge in [-0.05, 0) is 94.9 Å². The van der Waals surface area contributed by atoms with Crippen molar-refractivity contribution in [2.24, 2.45) is 0 Å². The zero-order valence-electron chi connectivity index (χ0n) is 31.6. The molecule has 2 aromatic rings. The number of amides is 1. The summed E-state index contributed by atoms with van der Waals surface area (Å²) in [5, 5.41) is 2.91. The number of carbonyl (C=O) groups excluding carboxylic acids is 1. The highest BCUT2D eigenvalue weighted by atomic mass is 28.4. The maximum absolute atomic E-state index is 13.8. The maximum atomic E-state index is 13.8. The van der Waals surface area contributed by atoms with E-state index in [1.165, 1.54) is 6.20 Å². The van der Waals surface area contributed by atoms with Crippen LogP contribution in [0.5, 0.6) is 0 Å². The van der Waals surface area contributed by atoms with Crippen molar-refractivity contribution in [3.8, 4) is 11.1 Å². The molecule has 284 valence electrons. The fourth-order valence-corrected chi connectivity index (χ4v) is 5.41. The van der Waals surface area contributed by atoms with Crippen LogP contribution in [0.15, 0.2) is 24.4 Å². The first-order chi connectivity index (χ1) is 23.2. The van der Waals surface area contributed by atoms with Crippen LogP contribution in [0.4, 0.5) is 18.0 Å². The van der Waals surface area contributed by atoms with Crippen molar-refractivity contribution in [1.82, 2.24) is 15.3 Å². The van der Waals surface area contributed by atoms with Gasteiger partial charge in [0.05, 0.1) is 64.6 Å². The van der Waals surface area contributed by atoms with E-state index in [1.54, 1.807) is 46.8 Å². The first kappa shape index (κ1) is 43.5. The van der Waals surface area contributed by atoms with Gasteiger partial charge in [0, 0.05) is 24.1 Å². The van der Waals surface area contributed by atoms with Crippen molar-refractivity contribution in [2.45, 2.75) is 104 Å². The van der Waals surface area contributed by atoms with Crippen LogP contribution in [0.1, 0.15) is 83.6 Å². The van der Waals surface area contributed by atoms with Gasteiger partial charge in [0.25, 0.3) is 0 Å². The number of aryl methyl sites for hydroxylation is 2. The Bertz CT molecular complexity index is 1330. The molecule has 0 saturated heterocycles. The summed E-state index contributed by atoms with van der Waals surface area (Å²) in [6, 6.07) is 3.96. The van der Waals surface area contributed by atoms with Crippen molar-refractivity contribution < 1.29 is 46.1 Å². The van der Waals surface area contributed by atoms with Gasteiger partial charge in [-0.2, -0.15) is 13.2 Å². The SMILES string of the molecule is Cc1cc([C@H](C)NC(=O)OC(C)(C)C)ncc1-c1cc(CCCOCCOCCOCCOCCO[Si](C)(C)C(C)(C)C)nc(C(F)(F)F)c1. The molecule has 2 heterocycles. The summed E-state index contributed by atoms with van der Waals surface area (Å²) in [5.41, 5.74) is 0.868. The molecule has 0 aromatic carbocycles. The topological polar surface area (TPSA) is 110 Å². The van der Waals surface area contributed by atoms with E-state index >= 15 is 0 Å². The maximum Gasteiger partial charge on any atom is 0.433 e. The smallest absolute Gasteiger partial charge is 0.433 e. The van der Waals surface area contributed by atoms with Gasteiger partial charge in [-0.3, -0.25) is 4.98 Å². The van der Waals surface area contributed by atoms with Crippen LogP contribution in [0, 0.1) is 6.92 Å². The second-order valence-electron chi connectivity index (χ2n) is 14.7. The summed E-state index contributed by atoms with van der Waals surface area (Å²) in [4.78, 5) is 20.5. The lowest BCUT2D eigenvalue weighted by Crippen LogP contribution is -2.41. The molecular weight excluding hydrogens is 671 g/mol. The number of ether oxygens (including phenoxy) is 5. The summed E-state index contributed by atoms with van der Waals surface area (Å²) in [7, 11) is -1.75. The highest BCUT2D eigenvalue weighted by molar-refractivity contribution is 6.74. The number of pyridine rings is 2. The summed E-state index contributed by atoms with van der Waals surface area (Å²) < 4.78 is 74.9. The van der Waals surface area contributed by atoms with E-state index in [4.69, 9.17) is 28.1 Å². The van der Waals surface area contributed by atoms with E-state index in [2.05, 4.69) is 49.1 Å². The minimum absolute atomic E-state index is 0.176. The number of hydrogen-bond acceptors (Lipinski definition) is 9. The summed E-state index contributed by atoms with van der Waals surface area (Å²) in [6.45, 7) is 23.9. The van der Waals surface area contributed by atoms with Crippen LogP contribution >= 0.6 is 0 Å². The zero-order valence-corrected chi connectivity index (χ0v) is 32.6. The average Bonchev–Trinajstić information content (AvgIpc) is 2.98. The second kappa shape index (κ2) is 19.8. The summed E-state index contributed by atoms with van der Waals surface area (Å²) in [6.07, 6.45) is -2.88. The minimum Gasteiger partial charge on any atom is -0.444 e. The van der Waals surface area contributed by atoms with E-state index < -0.39 is 37.9 Å². The number of nitrogens with one attached hydrogen (secondary N) is 1. The Morgan fingerprint density at radius 2 is 1.38 bits per heavy atom. The van der Waals surface area contributed by atoms with Gasteiger partial charge < -0.3 is 33.4 Å². The molecule has 2 rings (SSSR count). The predicted octanol–water partition coefficient (Wildman–Crippen LogP) is 8.08. The minimum atomic E-state index is -4.61. The number of halogens is 3. The molecule has 0 radical (unpaired) electrons. The highest BCUT2D eigenvalue weighted by Crippen LogP contribution is 2.36. The zero-order chi connectivity index (χ0) is 37.6. The number of alkyl halides is 3. The molecule has 0 spiro atoms. The lowest BCUT2D eigenvalue weighted by atomic mass is 9.99. The quantitative estimate of drug-likeness (QED) is 0.107. The molecule has 0 saturated carbocycles. The monoisotopic (exact) mass is 729 g/mol. The lowest BCUT2D eigenvalue weighted by molar-refractivity contribution is -0.141. The lowest BCUT2D eigenvalue weighted by Gasteiger charge is -2.36. The van der Waals surface area contributed by atoms with Crippen molar-refractivity contribution >= 4 is 14.4 Å². The summed E-state index contributed by atoms with van der Waals surface area (Å²) >= 11 is 0. The Morgan fingerprint density at radius 3 is 1.88 bits per heavy atom. The Balaban J connectivity index is 1.73. The van der Waals surface area contributed by atoms with Gasteiger partial charge >= 0.3 is 12.3 Å². The van der Waals surface area contributed by atoms with E-state index in [9.17, 15) is 18.0 Å². The molecule has 1 N–H and O–H groups in total.